The monoisotopic (exact) mass is 571 g/mol. The number of ether oxygens (including phenoxy) is 3. The first-order valence-corrected chi connectivity index (χ1v) is 12.7. The second-order valence-corrected chi connectivity index (χ2v) is 10.5. The largest absolute Gasteiger partial charge is 0.507 e. The molecule has 1 heterocycles. The van der Waals surface area contributed by atoms with Crippen molar-refractivity contribution >= 4 is 17.3 Å². The van der Waals surface area contributed by atoms with Crippen molar-refractivity contribution in [3.8, 4) is 17.2 Å². The molecule has 1 saturated heterocycles. The van der Waals surface area contributed by atoms with E-state index in [1.54, 1.807) is 0 Å². The quantitative estimate of drug-likeness (QED) is 0.155. The fourth-order valence-electron chi connectivity index (χ4n) is 6.19. The molecule has 2 aromatic carbocycles. The van der Waals surface area contributed by atoms with E-state index in [1.807, 2.05) is 0 Å². The van der Waals surface area contributed by atoms with Gasteiger partial charge in [0.15, 0.2) is 17.9 Å². The van der Waals surface area contributed by atoms with E-state index >= 15 is 0 Å². The van der Waals surface area contributed by atoms with Crippen LogP contribution < -0.4 is 16.2 Å². The third kappa shape index (κ3) is 3.98. The molecule has 2 aliphatic carbocycles. The summed E-state index contributed by atoms with van der Waals surface area (Å²) in [5, 5.41) is 47.2. The molecule has 0 radical (unpaired) electrons. The van der Waals surface area contributed by atoms with Gasteiger partial charge in [-0.2, -0.15) is 4.91 Å². The zero-order valence-electron chi connectivity index (χ0n) is 22.1. The summed E-state index contributed by atoms with van der Waals surface area (Å²) in [5.74, 6) is -4.23. The van der Waals surface area contributed by atoms with Crippen LogP contribution in [0.5, 0.6) is 17.2 Å². The summed E-state index contributed by atoms with van der Waals surface area (Å²) in [4.78, 5) is 51.6. The molecule has 0 aromatic heterocycles. The number of hydrogen-bond acceptors (Lipinski definition) is 14. The molecule has 2 aromatic rings. The first-order chi connectivity index (χ1) is 19.4. The molecule has 3 aliphatic rings. The zero-order valence-corrected chi connectivity index (χ0v) is 22.1. The highest BCUT2D eigenvalue weighted by Crippen LogP contribution is 2.54. The lowest BCUT2D eigenvalue weighted by Gasteiger charge is -2.47. The fourth-order valence-corrected chi connectivity index (χ4v) is 6.19. The van der Waals surface area contributed by atoms with Crippen LogP contribution in [-0.2, 0) is 26.3 Å². The van der Waals surface area contributed by atoms with Gasteiger partial charge in [-0.25, -0.2) is 0 Å². The lowest BCUT2D eigenvalue weighted by molar-refractivity contribution is -0.227. The summed E-state index contributed by atoms with van der Waals surface area (Å²) >= 11 is 0. The Morgan fingerprint density at radius 1 is 1.17 bits per heavy atom. The number of carbonyl (C=O) groups excluding carboxylic acids is 3. The summed E-state index contributed by atoms with van der Waals surface area (Å²) in [6.07, 6.45) is -3.53. The number of phenols is 2. The first-order valence-electron chi connectivity index (χ1n) is 12.7. The Hall–Kier alpha value is -3.79. The number of rotatable bonds is 7. The summed E-state index contributed by atoms with van der Waals surface area (Å²) in [6, 6.07) is 2.11. The van der Waals surface area contributed by atoms with Gasteiger partial charge < -0.3 is 46.1 Å². The van der Waals surface area contributed by atoms with Gasteiger partial charge in [0.05, 0.1) is 35.9 Å². The molecule has 218 valence electrons. The number of methoxy groups -OCH3 is 1. The number of carbonyl (C=O) groups is 3. The Morgan fingerprint density at radius 2 is 1.85 bits per heavy atom. The Balaban J connectivity index is 1.79. The topological polar surface area (TPSA) is 241 Å². The van der Waals surface area contributed by atoms with Crippen molar-refractivity contribution in [3.63, 3.8) is 0 Å². The van der Waals surface area contributed by atoms with Crippen LogP contribution in [0, 0.1) is 4.91 Å². The Bertz CT molecular complexity index is 1490. The van der Waals surface area contributed by atoms with Crippen LogP contribution in [0.2, 0.25) is 0 Å². The number of nitroso groups, excluding NO2 is 1. The second-order valence-electron chi connectivity index (χ2n) is 10.5. The maximum Gasteiger partial charge on any atom is 0.202 e. The maximum atomic E-state index is 13.8. The van der Waals surface area contributed by atoms with E-state index in [1.165, 1.54) is 32.2 Å². The average Bonchev–Trinajstić information content (AvgIpc) is 3.22. The van der Waals surface area contributed by atoms with Gasteiger partial charge in [0.25, 0.3) is 0 Å². The lowest BCUT2D eigenvalue weighted by Crippen LogP contribution is -2.58. The second kappa shape index (κ2) is 9.94. The fraction of sp³-hybridized carbons (Fsp3) is 0.444. The van der Waals surface area contributed by atoms with Gasteiger partial charge in [0.2, 0.25) is 5.78 Å². The maximum absolute atomic E-state index is 13.8. The highest BCUT2D eigenvalue weighted by molar-refractivity contribution is 6.31. The van der Waals surface area contributed by atoms with E-state index in [2.05, 4.69) is 5.18 Å². The number of aliphatic hydroxyl groups is 2. The van der Waals surface area contributed by atoms with Crippen LogP contribution in [0.15, 0.2) is 23.4 Å². The molecule has 5 rings (SSSR count). The van der Waals surface area contributed by atoms with Gasteiger partial charge in [-0.3, -0.25) is 14.4 Å². The molecule has 1 fully saturated rings. The van der Waals surface area contributed by atoms with E-state index < -0.39 is 102 Å². The molecule has 0 bridgehead atoms. The normalized spacial score (nSPS) is 30.4. The lowest BCUT2D eigenvalue weighted by atomic mass is 9.66. The molecule has 6 atom stereocenters. The van der Waals surface area contributed by atoms with Crippen molar-refractivity contribution < 1.29 is 49.0 Å². The van der Waals surface area contributed by atoms with Gasteiger partial charge in [-0.1, -0.05) is 17.3 Å². The number of phenolic OH excluding ortho intramolecular Hbond substituents is 2. The third-order valence-corrected chi connectivity index (χ3v) is 8.22. The molecule has 14 heteroatoms. The Kier molecular flexibility index (Phi) is 6.96. The van der Waals surface area contributed by atoms with Crippen LogP contribution in [-0.4, -0.2) is 88.1 Å². The number of hydrogen-bond donors (Lipinski definition) is 6. The Labute approximate surface area is 232 Å². The van der Waals surface area contributed by atoms with Crippen LogP contribution in [0.4, 0.5) is 0 Å². The van der Waals surface area contributed by atoms with E-state index in [0.29, 0.717) is 0 Å². The number of benzene rings is 2. The SMILES string of the molecule is COc1cccc2c1C(=O)c1c(O)c3c(c(O)c1C2=O)C[C@@](O)(C(=O)CO)C[C@]3(CN)OC1OC(C)C(N=O)[C@@H]1N. The van der Waals surface area contributed by atoms with Crippen molar-refractivity contribution in [2.24, 2.45) is 16.6 Å². The minimum atomic E-state index is -2.40. The summed E-state index contributed by atoms with van der Waals surface area (Å²) in [7, 11) is 1.30. The van der Waals surface area contributed by atoms with Gasteiger partial charge in [-0.05, 0) is 13.0 Å². The van der Waals surface area contributed by atoms with Crippen LogP contribution in [0.1, 0.15) is 56.3 Å². The average molecular weight is 572 g/mol. The van der Waals surface area contributed by atoms with E-state index in [0.717, 1.165) is 0 Å². The number of aliphatic hydroxyl groups excluding tert-OH is 1. The summed E-state index contributed by atoms with van der Waals surface area (Å²) in [6.45, 7) is -0.142. The number of fused-ring (bicyclic) bond motifs is 3. The summed E-state index contributed by atoms with van der Waals surface area (Å²) < 4.78 is 17.1. The van der Waals surface area contributed by atoms with Crippen molar-refractivity contribution in [1.82, 2.24) is 0 Å². The molecule has 0 spiro atoms. The molecule has 0 saturated carbocycles. The van der Waals surface area contributed by atoms with Gasteiger partial charge in [0.1, 0.15) is 41.1 Å². The number of ketones is 3. The van der Waals surface area contributed by atoms with Gasteiger partial charge >= 0.3 is 0 Å². The molecule has 0 amide bonds. The predicted octanol–water partition coefficient (Wildman–Crippen LogP) is -0.502. The Morgan fingerprint density at radius 3 is 2.44 bits per heavy atom. The molecule has 3 unspecified atom stereocenters. The molecule has 14 nitrogen and oxygen atoms in total. The number of aromatic hydroxyl groups is 2. The molecule has 8 N–H and O–H groups in total. The van der Waals surface area contributed by atoms with Crippen LogP contribution >= 0.6 is 0 Å². The zero-order chi connectivity index (χ0) is 30.0. The van der Waals surface area contributed by atoms with E-state index in [4.69, 9.17) is 25.7 Å². The molecule has 41 heavy (non-hydrogen) atoms. The molecular weight excluding hydrogens is 542 g/mol. The van der Waals surface area contributed by atoms with Crippen molar-refractivity contribution in [2.45, 2.75) is 55.4 Å². The van der Waals surface area contributed by atoms with E-state index in [9.17, 15) is 39.7 Å². The molecule has 1 aliphatic heterocycles. The minimum absolute atomic E-state index is 0.0547. The van der Waals surface area contributed by atoms with Crippen molar-refractivity contribution in [3.05, 3.63) is 56.5 Å². The van der Waals surface area contributed by atoms with Gasteiger partial charge in [-0.15, -0.1) is 0 Å². The third-order valence-electron chi connectivity index (χ3n) is 8.22. The van der Waals surface area contributed by atoms with Crippen LogP contribution in [0.3, 0.4) is 0 Å². The number of Topliss-reactive ketones (excluding diaryl/α,β-unsaturated/α-hetero) is 1. The number of nitrogens with two attached hydrogens (primary N) is 2. The highest BCUT2D eigenvalue weighted by atomic mass is 16.7. The highest BCUT2D eigenvalue weighted by Gasteiger charge is 2.57. The summed E-state index contributed by atoms with van der Waals surface area (Å²) in [5.41, 5.74) is 5.91. The van der Waals surface area contributed by atoms with Crippen molar-refractivity contribution in [1.29, 1.82) is 0 Å². The minimum Gasteiger partial charge on any atom is -0.507 e. The number of nitrogens with zero attached hydrogens (tertiary/aromatic N) is 1. The predicted molar refractivity (Wildman–Crippen MR) is 139 cm³/mol. The van der Waals surface area contributed by atoms with E-state index in [-0.39, 0.29) is 28.0 Å². The van der Waals surface area contributed by atoms with Gasteiger partial charge in [0, 0.05) is 36.1 Å². The van der Waals surface area contributed by atoms with Crippen LogP contribution in [0.25, 0.3) is 0 Å². The first kappa shape index (κ1) is 28.7. The van der Waals surface area contributed by atoms with Crippen molar-refractivity contribution in [2.75, 3.05) is 20.3 Å². The smallest absolute Gasteiger partial charge is 0.202 e. The standard InChI is InChI=1S/C27H29N3O11/c1-10-20(30-38)19(29)25(40-10)41-27(9-28)8-26(37,14(32)7-31)6-12-18(27)24(36)17-16(22(12)34)21(33)11-4-3-5-13(39-2)15(11)23(17)35/h3-5,10,19-20,25,31,34,36-37H,6-9,28-29H2,1-2H3/t10?,19-,20?,25?,26-,27+/m0/s1. The molecular formula is C27H29N3O11.